The van der Waals surface area contributed by atoms with E-state index in [4.69, 9.17) is 21.1 Å². The number of thiophene rings is 1. The van der Waals surface area contributed by atoms with Crippen molar-refractivity contribution in [3.63, 3.8) is 0 Å². The van der Waals surface area contributed by atoms with Crippen LogP contribution in [0.2, 0.25) is 5.02 Å². The summed E-state index contributed by atoms with van der Waals surface area (Å²) in [5.41, 5.74) is 4.18. The van der Waals surface area contributed by atoms with E-state index in [1.165, 1.54) is 16.9 Å². The van der Waals surface area contributed by atoms with Gasteiger partial charge in [-0.1, -0.05) is 43.6 Å². The molecule has 0 atom stereocenters. The number of ether oxygens (including phenoxy) is 2. The van der Waals surface area contributed by atoms with Gasteiger partial charge in [-0.3, -0.25) is 4.79 Å². The standard InChI is InChI=1S/C25H26ClNO4S/c1-5-30-25(29)23-21(17-6-8-18(26)9-7-17)14-32-24(23)27-22(28)13-31-19-10-11-20(15(2)3)16(4)12-19/h6-12,14-15H,5,13H2,1-4H3,(H,27,28). The molecule has 0 aliphatic carbocycles. The molecule has 1 amide bonds. The molecule has 2 aromatic carbocycles. The first kappa shape index (κ1) is 23.8. The van der Waals surface area contributed by atoms with Gasteiger partial charge in [-0.05, 0) is 60.7 Å². The van der Waals surface area contributed by atoms with Crippen molar-refractivity contribution >= 4 is 39.8 Å². The van der Waals surface area contributed by atoms with E-state index in [-0.39, 0.29) is 19.1 Å². The van der Waals surface area contributed by atoms with Crippen molar-refractivity contribution in [1.82, 2.24) is 0 Å². The Balaban J connectivity index is 1.76. The van der Waals surface area contributed by atoms with E-state index in [0.29, 0.717) is 32.8 Å². The molecule has 3 aromatic rings. The molecule has 1 heterocycles. The molecule has 0 aliphatic rings. The lowest BCUT2D eigenvalue weighted by Gasteiger charge is -2.13. The van der Waals surface area contributed by atoms with Crippen LogP contribution in [0.5, 0.6) is 5.75 Å². The van der Waals surface area contributed by atoms with Crippen molar-refractivity contribution in [3.05, 3.63) is 69.6 Å². The van der Waals surface area contributed by atoms with Crippen LogP contribution in [0.3, 0.4) is 0 Å². The van der Waals surface area contributed by atoms with Gasteiger partial charge in [0.05, 0.1) is 6.61 Å². The minimum absolute atomic E-state index is 0.170. The third-order valence-electron chi connectivity index (χ3n) is 4.91. The summed E-state index contributed by atoms with van der Waals surface area (Å²) in [5, 5.41) is 5.64. The summed E-state index contributed by atoms with van der Waals surface area (Å²) in [6.45, 7) is 8.10. The minimum atomic E-state index is -0.491. The molecule has 0 aliphatic heterocycles. The number of halogens is 1. The Morgan fingerprint density at radius 1 is 1.12 bits per heavy atom. The predicted octanol–water partition coefficient (Wildman–Crippen LogP) is 6.69. The van der Waals surface area contributed by atoms with E-state index >= 15 is 0 Å². The first-order valence-electron chi connectivity index (χ1n) is 10.4. The van der Waals surface area contributed by atoms with Crippen molar-refractivity contribution in [1.29, 1.82) is 0 Å². The lowest BCUT2D eigenvalue weighted by Crippen LogP contribution is -2.21. The van der Waals surface area contributed by atoms with Crippen LogP contribution in [0, 0.1) is 6.92 Å². The maximum absolute atomic E-state index is 12.6. The zero-order valence-electron chi connectivity index (χ0n) is 18.5. The van der Waals surface area contributed by atoms with Crippen LogP contribution in [0.15, 0.2) is 47.8 Å². The molecule has 32 heavy (non-hydrogen) atoms. The number of rotatable bonds is 8. The zero-order valence-corrected chi connectivity index (χ0v) is 20.1. The number of amides is 1. The predicted molar refractivity (Wildman–Crippen MR) is 130 cm³/mol. The smallest absolute Gasteiger partial charge is 0.341 e. The largest absolute Gasteiger partial charge is 0.484 e. The summed E-state index contributed by atoms with van der Waals surface area (Å²) in [4.78, 5) is 25.2. The quantitative estimate of drug-likeness (QED) is 0.371. The monoisotopic (exact) mass is 471 g/mol. The maximum Gasteiger partial charge on any atom is 0.341 e. The molecule has 0 bridgehead atoms. The Bertz CT molecular complexity index is 1110. The van der Waals surface area contributed by atoms with Gasteiger partial charge in [0.25, 0.3) is 5.91 Å². The summed E-state index contributed by atoms with van der Waals surface area (Å²) in [6, 6.07) is 13.0. The first-order valence-corrected chi connectivity index (χ1v) is 11.6. The summed E-state index contributed by atoms with van der Waals surface area (Å²) in [5.74, 6) is 0.198. The molecule has 0 saturated heterocycles. The number of nitrogens with one attached hydrogen (secondary N) is 1. The highest BCUT2D eigenvalue weighted by Crippen LogP contribution is 2.36. The third-order valence-corrected chi connectivity index (χ3v) is 6.06. The third kappa shape index (κ3) is 5.69. The molecule has 0 radical (unpaired) electrons. The molecule has 0 fully saturated rings. The second-order valence-electron chi connectivity index (χ2n) is 7.59. The minimum Gasteiger partial charge on any atom is -0.484 e. The second kappa shape index (κ2) is 10.7. The van der Waals surface area contributed by atoms with Crippen molar-refractivity contribution in [3.8, 4) is 16.9 Å². The molecule has 1 aromatic heterocycles. The van der Waals surface area contributed by atoms with Crippen LogP contribution in [-0.2, 0) is 9.53 Å². The number of anilines is 1. The van der Waals surface area contributed by atoms with Gasteiger partial charge in [0.2, 0.25) is 0 Å². The fourth-order valence-corrected chi connectivity index (χ4v) is 4.49. The van der Waals surface area contributed by atoms with E-state index in [9.17, 15) is 9.59 Å². The normalized spacial score (nSPS) is 10.8. The molecule has 168 valence electrons. The summed E-state index contributed by atoms with van der Waals surface area (Å²) in [7, 11) is 0. The van der Waals surface area contributed by atoms with Crippen LogP contribution in [0.1, 0.15) is 48.2 Å². The van der Waals surface area contributed by atoms with Gasteiger partial charge in [0.15, 0.2) is 6.61 Å². The van der Waals surface area contributed by atoms with E-state index < -0.39 is 5.97 Å². The molecule has 7 heteroatoms. The average molecular weight is 472 g/mol. The second-order valence-corrected chi connectivity index (χ2v) is 8.91. The topological polar surface area (TPSA) is 64.6 Å². The fraction of sp³-hybridized carbons (Fsp3) is 0.280. The van der Waals surface area contributed by atoms with E-state index in [1.54, 1.807) is 19.1 Å². The van der Waals surface area contributed by atoms with Crippen LogP contribution in [-0.4, -0.2) is 25.1 Å². The Morgan fingerprint density at radius 3 is 2.47 bits per heavy atom. The summed E-state index contributed by atoms with van der Waals surface area (Å²) < 4.78 is 10.9. The Kier molecular flexibility index (Phi) is 7.94. The highest BCUT2D eigenvalue weighted by atomic mass is 35.5. The van der Waals surface area contributed by atoms with Crippen molar-refractivity contribution < 1.29 is 19.1 Å². The fourth-order valence-electron chi connectivity index (χ4n) is 3.40. The zero-order chi connectivity index (χ0) is 23.3. The van der Waals surface area contributed by atoms with Crippen LogP contribution < -0.4 is 10.1 Å². The maximum atomic E-state index is 12.6. The van der Waals surface area contributed by atoms with E-state index in [0.717, 1.165) is 11.1 Å². The molecule has 0 unspecified atom stereocenters. The van der Waals surface area contributed by atoms with Crippen LogP contribution in [0.25, 0.3) is 11.1 Å². The molecular weight excluding hydrogens is 446 g/mol. The number of hydrogen-bond donors (Lipinski definition) is 1. The van der Waals surface area contributed by atoms with Crippen molar-refractivity contribution in [2.24, 2.45) is 0 Å². The van der Waals surface area contributed by atoms with Crippen molar-refractivity contribution in [2.45, 2.75) is 33.6 Å². The first-order chi connectivity index (χ1) is 15.3. The van der Waals surface area contributed by atoms with Crippen molar-refractivity contribution in [2.75, 3.05) is 18.5 Å². The Labute approximate surface area is 197 Å². The van der Waals surface area contributed by atoms with Gasteiger partial charge in [0, 0.05) is 16.0 Å². The highest BCUT2D eigenvalue weighted by molar-refractivity contribution is 7.15. The Hall–Kier alpha value is -2.83. The van der Waals surface area contributed by atoms with Crippen LogP contribution >= 0.6 is 22.9 Å². The lowest BCUT2D eigenvalue weighted by molar-refractivity contribution is -0.118. The van der Waals surface area contributed by atoms with Gasteiger partial charge >= 0.3 is 5.97 Å². The number of hydrogen-bond acceptors (Lipinski definition) is 5. The molecular formula is C25H26ClNO4S. The van der Waals surface area contributed by atoms with Gasteiger partial charge in [-0.15, -0.1) is 11.3 Å². The van der Waals surface area contributed by atoms with Crippen LogP contribution in [0.4, 0.5) is 5.00 Å². The highest BCUT2D eigenvalue weighted by Gasteiger charge is 2.23. The van der Waals surface area contributed by atoms with E-state index in [1.807, 2.05) is 42.6 Å². The number of carbonyl (C=O) groups excluding carboxylic acids is 2. The van der Waals surface area contributed by atoms with Gasteiger partial charge in [-0.2, -0.15) is 0 Å². The lowest BCUT2D eigenvalue weighted by atomic mass is 9.98. The molecule has 3 rings (SSSR count). The molecule has 1 N–H and O–H groups in total. The summed E-state index contributed by atoms with van der Waals surface area (Å²) >= 11 is 7.25. The van der Waals surface area contributed by atoms with Gasteiger partial charge in [0.1, 0.15) is 16.3 Å². The number of esters is 1. The molecule has 5 nitrogen and oxygen atoms in total. The number of carbonyl (C=O) groups is 2. The molecule has 0 spiro atoms. The average Bonchev–Trinajstić information content (AvgIpc) is 3.16. The summed E-state index contributed by atoms with van der Waals surface area (Å²) in [6.07, 6.45) is 0. The Morgan fingerprint density at radius 2 is 1.84 bits per heavy atom. The molecule has 0 saturated carbocycles. The SMILES string of the molecule is CCOC(=O)c1c(-c2ccc(Cl)cc2)csc1NC(=O)COc1ccc(C(C)C)c(C)c1. The van der Waals surface area contributed by atoms with Gasteiger partial charge < -0.3 is 14.8 Å². The van der Waals surface area contributed by atoms with E-state index in [2.05, 4.69) is 19.2 Å². The number of benzene rings is 2. The van der Waals surface area contributed by atoms with Gasteiger partial charge in [-0.25, -0.2) is 4.79 Å². The number of aryl methyl sites for hydroxylation is 1.